The van der Waals surface area contributed by atoms with Gasteiger partial charge in [0, 0.05) is 17.2 Å². The summed E-state index contributed by atoms with van der Waals surface area (Å²) in [6.07, 6.45) is 0. The number of benzene rings is 1. The molecule has 0 bridgehead atoms. The van der Waals surface area contributed by atoms with Crippen molar-refractivity contribution < 1.29 is 9.53 Å². The summed E-state index contributed by atoms with van der Waals surface area (Å²) >= 11 is 22.1. The molecule has 0 saturated carbocycles. The molecule has 1 aromatic rings. The van der Waals surface area contributed by atoms with Crippen LogP contribution in [0.5, 0.6) is 5.75 Å². The van der Waals surface area contributed by atoms with Gasteiger partial charge in [-0.2, -0.15) is 0 Å². The third-order valence-corrected chi connectivity index (χ3v) is 2.26. The highest BCUT2D eigenvalue weighted by molar-refractivity contribution is 6.61. The SMILES string of the molecule is O=C(Cl)Oc1cccc(Cl)c1C(Cl)Cl. The highest BCUT2D eigenvalue weighted by atomic mass is 35.5. The minimum absolute atomic E-state index is 0.160. The van der Waals surface area contributed by atoms with E-state index in [0.717, 1.165) is 0 Å². The van der Waals surface area contributed by atoms with E-state index in [0.29, 0.717) is 10.6 Å². The summed E-state index contributed by atoms with van der Waals surface area (Å²) in [5.74, 6) is 0.160. The van der Waals surface area contributed by atoms with Crippen LogP contribution in [-0.2, 0) is 0 Å². The van der Waals surface area contributed by atoms with Crippen molar-refractivity contribution in [1.29, 1.82) is 0 Å². The molecule has 6 heteroatoms. The summed E-state index contributed by atoms with van der Waals surface area (Å²) in [4.78, 5) is 9.63. The number of ether oxygens (including phenoxy) is 1. The van der Waals surface area contributed by atoms with Crippen LogP contribution in [0.1, 0.15) is 10.4 Å². The number of carbonyl (C=O) groups is 1. The van der Waals surface area contributed by atoms with Gasteiger partial charge in [-0.3, -0.25) is 0 Å². The summed E-state index contributed by atoms with van der Waals surface area (Å²) in [5, 5.41) is 0.315. The molecule has 1 aromatic carbocycles. The Morgan fingerprint density at radius 3 is 2.50 bits per heavy atom. The number of hydrogen-bond donors (Lipinski definition) is 0. The van der Waals surface area contributed by atoms with Crippen LogP contribution in [0.25, 0.3) is 0 Å². The smallest absolute Gasteiger partial charge is 0.409 e. The number of rotatable bonds is 2. The van der Waals surface area contributed by atoms with Gasteiger partial charge in [-0.15, -0.1) is 0 Å². The fourth-order valence-electron chi connectivity index (χ4n) is 0.904. The number of halogens is 4. The van der Waals surface area contributed by atoms with E-state index in [4.69, 9.17) is 46.4 Å². The third-order valence-electron chi connectivity index (χ3n) is 1.42. The molecule has 1 rings (SSSR count). The fourth-order valence-corrected chi connectivity index (χ4v) is 1.82. The second-order valence-electron chi connectivity index (χ2n) is 2.29. The first-order valence-corrected chi connectivity index (χ1v) is 5.09. The third kappa shape index (κ3) is 2.92. The first-order valence-electron chi connectivity index (χ1n) is 3.46. The molecule has 0 radical (unpaired) electrons. The molecular weight excluding hydrogens is 270 g/mol. The molecule has 14 heavy (non-hydrogen) atoms. The molecule has 2 nitrogen and oxygen atoms in total. The lowest BCUT2D eigenvalue weighted by Gasteiger charge is -2.09. The van der Waals surface area contributed by atoms with Crippen molar-refractivity contribution in [2.75, 3.05) is 0 Å². The van der Waals surface area contributed by atoms with Crippen molar-refractivity contribution in [1.82, 2.24) is 0 Å². The molecular formula is C8H4Cl4O2. The highest BCUT2D eigenvalue weighted by Gasteiger charge is 2.16. The number of hydrogen-bond acceptors (Lipinski definition) is 2. The fraction of sp³-hybridized carbons (Fsp3) is 0.125. The Bertz CT molecular complexity index is 351. The molecule has 0 aliphatic rings. The molecule has 0 saturated heterocycles. The van der Waals surface area contributed by atoms with Crippen LogP contribution in [0.3, 0.4) is 0 Å². The minimum atomic E-state index is -0.970. The van der Waals surface area contributed by atoms with Crippen LogP contribution >= 0.6 is 46.4 Å². The van der Waals surface area contributed by atoms with E-state index < -0.39 is 10.3 Å². The molecule has 0 unspecified atom stereocenters. The highest BCUT2D eigenvalue weighted by Crippen LogP contribution is 2.38. The predicted molar refractivity (Wildman–Crippen MR) is 57.8 cm³/mol. The molecule has 0 aliphatic carbocycles. The Balaban J connectivity index is 3.14. The van der Waals surface area contributed by atoms with Gasteiger partial charge in [0.2, 0.25) is 0 Å². The Kier molecular flexibility index (Phi) is 4.32. The Morgan fingerprint density at radius 2 is 2.00 bits per heavy atom. The Labute approximate surface area is 101 Å². The van der Waals surface area contributed by atoms with E-state index in [9.17, 15) is 4.79 Å². The first-order chi connectivity index (χ1) is 6.52. The zero-order valence-corrected chi connectivity index (χ0v) is 9.66. The van der Waals surface area contributed by atoms with Crippen molar-refractivity contribution in [2.24, 2.45) is 0 Å². The molecule has 0 amide bonds. The Morgan fingerprint density at radius 1 is 1.36 bits per heavy atom. The van der Waals surface area contributed by atoms with Gasteiger partial charge < -0.3 is 4.74 Å². The van der Waals surface area contributed by atoms with E-state index in [1.165, 1.54) is 6.07 Å². The zero-order valence-electron chi connectivity index (χ0n) is 6.64. The standard InChI is InChI=1S/C8H4Cl4O2/c9-4-2-1-3-5(14-8(12)13)6(4)7(10)11/h1-3,7H. The molecule has 0 atom stereocenters. The van der Waals surface area contributed by atoms with Gasteiger partial charge in [-0.1, -0.05) is 40.9 Å². The van der Waals surface area contributed by atoms with Gasteiger partial charge in [0.15, 0.2) is 0 Å². The minimum Gasteiger partial charge on any atom is -0.414 e. The average molecular weight is 274 g/mol. The maximum atomic E-state index is 10.5. The molecule has 0 aliphatic heterocycles. The summed E-state index contributed by atoms with van der Waals surface area (Å²) in [5.41, 5.74) is -0.644. The van der Waals surface area contributed by atoms with Crippen LogP contribution in [0.2, 0.25) is 5.02 Å². The van der Waals surface area contributed by atoms with Gasteiger partial charge in [0.1, 0.15) is 10.6 Å². The van der Waals surface area contributed by atoms with E-state index in [2.05, 4.69) is 4.74 Å². The summed E-state index contributed by atoms with van der Waals surface area (Å²) in [7, 11) is 0. The van der Waals surface area contributed by atoms with Crippen LogP contribution in [0, 0.1) is 0 Å². The lowest BCUT2D eigenvalue weighted by molar-refractivity contribution is 0.225. The van der Waals surface area contributed by atoms with Crippen molar-refractivity contribution >= 4 is 51.8 Å². The van der Waals surface area contributed by atoms with E-state index in [-0.39, 0.29) is 5.75 Å². The predicted octanol–water partition coefficient (Wildman–Crippen LogP) is 4.55. The quantitative estimate of drug-likeness (QED) is 0.584. The Hall–Kier alpha value is -0.150. The summed E-state index contributed by atoms with van der Waals surface area (Å²) in [6.45, 7) is 0. The van der Waals surface area contributed by atoms with Gasteiger partial charge in [-0.25, -0.2) is 4.79 Å². The lowest BCUT2D eigenvalue weighted by Crippen LogP contribution is -2.00. The van der Waals surface area contributed by atoms with Crippen LogP contribution in [0.4, 0.5) is 4.79 Å². The summed E-state index contributed by atoms with van der Waals surface area (Å²) < 4.78 is 4.66. The van der Waals surface area contributed by atoms with Crippen LogP contribution < -0.4 is 4.74 Å². The monoisotopic (exact) mass is 272 g/mol. The van der Waals surface area contributed by atoms with Gasteiger partial charge in [0.25, 0.3) is 0 Å². The van der Waals surface area contributed by atoms with E-state index in [1.807, 2.05) is 0 Å². The van der Waals surface area contributed by atoms with Gasteiger partial charge >= 0.3 is 5.43 Å². The normalized spacial score (nSPS) is 10.4. The zero-order chi connectivity index (χ0) is 10.7. The molecule has 76 valence electrons. The molecule has 0 heterocycles. The number of alkyl halides is 2. The van der Waals surface area contributed by atoms with E-state index >= 15 is 0 Å². The molecule has 0 aromatic heterocycles. The molecule has 0 spiro atoms. The van der Waals surface area contributed by atoms with Crippen molar-refractivity contribution in [2.45, 2.75) is 4.84 Å². The maximum Gasteiger partial charge on any atom is 0.409 e. The molecule has 0 fully saturated rings. The van der Waals surface area contributed by atoms with E-state index in [1.54, 1.807) is 12.1 Å². The van der Waals surface area contributed by atoms with Gasteiger partial charge in [0.05, 0.1) is 5.02 Å². The summed E-state index contributed by atoms with van der Waals surface area (Å²) in [6, 6.07) is 4.68. The van der Waals surface area contributed by atoms with Crippen LogP contribution in [0.15, 0.2) is 18.2 Å². The largest absolute Gasteiger partial charge is 0.414 e. The topological polar surface area (TPSA) is 26.3 Å². The van der Waals surface area contributed by atoms with Crippen molar-refractivity contribution in [3.63, 3.8) is 0 Å². The van der Waals surface area contributed by atoms with Gasteiger partial charge in [-0.05, 0) is 12.1 Å². The maximum absolute atomic E-state index is 10.5. The van der Waals surface area contributed by atoms with Crippen molar-refractivity contribution in [3.05, 3.63) is 28.8 Å². The van der Waals surface area contributed by atoms with Crippen LogP contribution in [-0.4, -0.2) is 5.43 Å². The number of carbonyl (C=O) groups excluding carboxylic acids is 1. The molecule has 0 N–H and O–H groups in total. The second kappa shape index (κ2) is 5.08. The van der Waals surface area contributed by atoms with Crippen molar-refractivity contribution in [3.8, 4) is 5.75 Å². The lowest BCUT2D eigenvalue weighted by atomic mass is 10.2. The second-order valence-corrected chi connectivity index (χ2v) is 4.10. The average Bonchev–Trinajstić information content (AvgIpc) is 2.01. The first kappa shape index (κ1) is 11.9.